The van der Waals surface area contributed by atoms with E-state index >= 15 is 0 Å². The minimum atomic E-state index is -0.565. The molecule has 1 aliphatic heterocycles. The fourth-order valence-corrected chi connectivity index (χ4v) is 10.9. The predicted octanol–water partition coefficient (Wildman–Crippen LogP) is 17.4. The summed E-state index contributed by atoms with van der Waals surface area (Å²) >= 11 is 0. The van der Waals surface area contributed by atoms with Crippen LogP contribution in [0.3, 0.4) is 0 Å². The molecule has 13 rings (SSSR count). The van der Waals surface area contributed by atoms with E-state index in [4.69, 9.17) is 4.74 Å². The second kappa shape index (κ2) is 15.8. The zero-order chi connectivity index (χ0) is 44.3. The first-order valence-electron chi connectivity index (χ1n) is 23.1. The third-order valence-corrected chi connectivity index (χ3v) is 13.9. The van der Waals surface area contributed by atoms with Gasteiger partial charge in [0.1, 0.15) is 5.75 Å². The first kappa shape index (κ1) is 38.7. The molecule has 0 spiro atoms. The normalized spacial score (nSPS) is 12.7. The smallest absolute Gasteiger partial charge is 0.159 e. The maximum atomic E-state index is 7.47. The van der Waals surface area contributed by atoms with Crippen LogP contribution in [0.2, 0.25) is 0 Å². The van der Waals surface area contributed by atoms with Crippen molar-refractivity contribution in [3.63, 3.8) is 0 Å². The standard InChI is InChI=1S/C65H43NO/c1-5-18-44(19-6-1)46-32-35-52(36-33-46)66(53-37-39-56-55-28-15-16-30-60(55)65(61(56)43-53,50-24-9-3-10-25-50)51-26-11-4-12-27-51)62-31-17-29-57-58-40-49(45-20-7-2-8-21-45)34-38-54(58)59-41-47-22-13-14-23-48(47)42-63(59)67-64(57)62/h1-43H. The fraction of sp³-hybridized carbons (Fsp3) is 0.0154. The molecular formula is C65H43NO. The average molecular weight is 854 g/mol. The summed E-state index contributed by atoms with van der Waals surface area (Å²) < 4.78 is 7.47. The Balaban J connectivity index is 1.08. The molecule has 0 aromatic heterocycles. The molecule has 0 atom stereocenters. The number of para-hydroxylation sites is 1. The lowest BCUT2D eigenvalue weighted by Gasteiger charge is -2.35. The van der Waals surface area contributed by atoms with Crippen LogP contribution >= 0.6 is 0 Å². The molecule has 2 aliphatic rings. The van der Waals surface area contributed by atoms with Gasteiger partial charge in [0, 0.05) is 22.5 Å². The molecule has 314 valence electrons. The van der Waals surface area contributed by atoms with Gasteiger partial charge in [0.2, 0.25) is 0 Å². The summed E-state index contributed by atoms with van der Waals surface area (Å²) in [5.74, 6) is 1.63. The minimum absolute atomic E-state index is 0.565. The molecule has 0 N–H and O–H groups in total. The Bertz CT molecular complexity index is 3600. The van der Waals surface area contributed by atoms with Gasteiger partial charge in [0.15, 0.2) is 5.75 Å². The number of anilines is 3. The molecule has 0 radical (unpaired) electrons. The zero-order valence-electron chi connectivity index (χ0n) is 36.7. The Morgan fingerprint density at radius 2 is 0.821 bits per heavy atom. The van der Waals surface area contributed by atoms with Gasteiger partial charge in [-0.2, -0.15) is 0 Å². The number of ether oxygens (including phenoxy) is 1. The van der Waals surface area contributed by atoms with Crippen molar-refractivity contribution in [2.75, 3.05) is 4.90 Å². The van der Waals surface area contributed by atoms with Gasteiger partial charge in [-0.25, -0.2) is 0 Å². The Morgan fingerprint density at radius 1 is 0.299 bits per heavy atom. The summed E-state index contributed by atoms with van der Waals surface area (Å²) in [4.78, 5) is 2.41. The molecule has 0 amide bonds. The summed E-state index contributed by atoms with van der Waals surface area (Å²) in [6.45, 7) is 0. The summed E-state index contributed by atoms with van der Waals surface area (Å²) in [6.07, 6.45) is 0. The zero-order valence-corrected chi connectivity index (χ0v) is 36.7. The van der Waals surface area contributed by atoms with Crippen LogP contribution in [-0.4, -0.2) is 0 Å². The van der Waals surface area contributed by atoms with Crippen molar-refractivity contribution in [2.24, 2.45) is 0 Å². The Hall–Kier alpha value is -8.72. The second-order valence-electron chi connectivity index (χ2n) is 17.6. The third kappa shape index (κ3) is 6.26. The van der Waals surface area contributed by atoms with E-state index in [1.807, 2.05) is 0 Å². The quantitative estimate of drug-likeness (QED) is 0.158. The number of rotatable bonds is 7. The molecule has 0 bridgehead atoms. The highest BCUT2D eigenvalue weighted by Gasteiger charge is 2.46. The van der Waals surface area contributed by atoms with Crippen LogP contribution in [0.4, 0.5) is 17.1 Å². The first-order valence-corrected chi connectivity index (χ1v) is 23.1. The highest BCUT2D eigenvalue weighted by atomic mass is 16.5. The minimum Gasteiger partial charge on any atom is -0.454 e. The maximum absolute atomic E-state index is 7.47. The molecule has 0 unspecified atom stereocenters. The lowest BCUT2D eigenvalue weighted by molar-refractivity contribution is 0.489. The number of fused-ring (bicyclic) bond motifs is 9. The van der Waals surface area contributed by atoms with Crippen LogP contribution in [0, 0.1) is 0 Å². The van der Waals surface area contributed by atoms with Crippen LogP contribution in [0.25, 0.3) is 66.4 Å². The molecule has 0 fully saturated rings. The molecule has 0 saturated heterocycles. The molecule has 2 heteroatoms. The second-order valence-corrected chi connectivity index (χ2v) is 17.6. The Kier molecular flexibility index (Phi) is 9.11. The van der Waals surface area contributed by atoms with Crippen molar-refractivity contribution in [3.05, 3.63) is 283 Å². The van der Waals surface area contributed by atoms with E-state index in [0.717, 1.165) is 67.3 Å². The summed E-state index contributed by atoms with van der Waals surface area (Å²) in [6, 6.07) is 95.0. The highest BCUT2D eigenvalue weighted by Crippen LogP contribution is 2.59. The van der Waals surface area contributed by atoms with E-state index in [9.17, 15) is 0 Å². The summed E-state index contributed by atoms with van der Waals surface area (Å²) in [5, 5.41) is 2.31. The van der Waals surface area contributed by atoms with Crippen molar-refractivity contribution in [1.82, 2.24) is 0 Å². The van der Waals surface area contributed by atoms with E-state index in [0.29, 0.717) is 0 Å². The van der Waals surface area contributed by atoms with Crippen molar-refractivity contribution in [3.8, 4) is 67.1 Å². The van der Waals surface area contributed by atoms with Gasteiger partial charge in [0.25, 0.3) is 0 Å². The van der Waals surface area contributed by atoms with Crippen LogP contribution in [0.5, 0.6) is 11.5 Å². The number of benzene rings is 11. The molecule has 1 aliphatic carbocycles. The van der Waals surface area contributed by atoms with Gasteiger partial charge in [-0.3, -0.25) is 0 Å². The van der Waals surface area contributed by atoms with Crippen molar-refractivity contribution in [2.45, 2.75) is 5.41 Å². The topological polar surface area (TPSA) is 12.5 Å². The summed E-state index contributed by atoms with van der Waals surface area (Å²) in [7, 11) is 0. The van der Waals surface area contributed by atoms with Crippen molar-refractivity contribution >= 4 is 27.8 Å². The predicted molar refractivity (Wildman–Crippen MR) is 278 cm³/mol. The lowest BCUT2D eigenvalue weighted by Crippen LogP contribution is -2.28. The number of nitrogens with zero attached hydrogens (tertiary/aromatic N) is 1. The third-order valence-electron chi connectivity index (χ3n) is 13.9. The van der Waals surface area contributed by atoms with Gasteiger partial charge < -0.3 is 9.64 Å². The molecule has 11 aromatic carbocycles. The van der Waals surface area contributed by atoms with E-state index in [1.54, 1.807) is 0 Å². The monoisotopic (exact) mass is 853 g/mol. The molecule has 2 nitrogen and oxygen atoms in total. The van der Waals surface area contributed by atoms with Gasteiger partial charge in [-0.15, -0.1) is 0 Å². The van der Waals surface area contributed by atoms with Crippen molar-refractivity contribution in [1.29, 1.82) is 0 Å². The Labute approximate surface area is 391 Å². The molecule has 11 aromatic rings. The lowest BCUT2D eigenvalue weighted by atomic mass is 9.67. The fourth-order valence-electron chi connectivity index (χ4n) is 10.9. The van der Waals surface area contributed by atoms with Crippen molar-refractivity contribution < 1.29 is 4.74 Å². The van der Waals surface area contributed by atoms with Crippen LogP contribution < -0.4 is 9.64 Å². The summed E-state index contributed by atoms with van der Waals surface area (Å²) in [5.41, 5.74) is 19.0. The van der Waals surface area contributed by atoms with E-state index < -0.39 is 5.41 Å². The van der Waals surface area contributed by atoms with Gasteiger partial charge >= 0.3 is 0 Å². The SMILES string of the molecule is c1ccc(-c2ccc(N(c3ccc4c(c3)C(c3ccccc3)(c3ccccc3)c3ccccc3-4)c3cccc4c3Oc3cc5ccccc5cc3-c3ccc(-c5ccccc5)cc3-4)cc2)cc1. The van der Waals surface area contributed by atoms with Crippen LogP contribution in [0.15, 0.2) is 261 Å². The molecular weight excluding hydrogens is 811 g/mol. The molecule has 67 heavy (non-hydrogen) atoms. The number of hydrogen-bond acceptors (Lipinski definition) is 2. The first-order chi connectivity index (χ1) is 33.2. The van der Waals surface area contributed by atoms with E-state index in [1.165, 1.54) is 49.9 Å². The highest BCUT2D eigenvalue weighted by molar-refractivity contribution is 6.01. The largest absolute Gasteiger partial charge is 0.454 e. The van der Waals surface area contributed by atoms with Gasteiger partial charge in [-0.05, 0) is 126 Å². The average Bonchev–Trinajstić information content (AvgIpc) is 3.62. The van der Waals surface area contributed by atoms with Gasteiger partial charge in [0.05, 0.1) is 11.1 Å². The molecule has 0 saturated carbocycles. The van der Waals surface area contributed by atoms with Crippen LogP contribution in [-0.2, 0) is 5.41 Å². The van der Waals surface area contributed by atoms with Gasteiger partial charge in [-0.1, -0.05) is 212 Å². The van der Waals surface area contributed by atoms with Crippen LogP contribution in [0.1, 0.15) is 22.3 Å². The van der Waals surface area contributed by atoms with E-state index in [-0.39, 0.29) is 0 Å². The number of hydrogen-bond donors (Lipinski definition) is 0. The Morgan fingerprint density at radius 3 is 1.52 bits per heavy atom. The van der Waals surface area contributed by atoms with E-state index in [2.05, 4.69) is 266 Å². The maximum Gasteiger partial charge on any atom is 0.159 e. The molecule has 1 heterocycles.